The highest BCUT2D eigenvalue weighted by atomic mass is 127. The minimum absolute atomic E-state index is 0.00356. The maximum absolute atomic E-state index is 12.5. The molecule has 4 heteroatoms. The van der Waals surface area contributed by atoms with E-state index >= 15 is 0 Å². The first kappa shape index (κ1) is 15.8. The quantitative estimate of drug-likeness (QED) is 0.768. The SMILES string of the molecule is Cc1cccc(C(=O)NC2C(C)(C)C(N)C2(C)C)c1I. The van der Waals surface area contributed by atoms with Gasteiger partial charge in [0.15, 0.2) is 0 Å². The monoisotopic (exact) mass is 386 g/mol. The van der Waals surface area contributed by atoms with E-state index in [1.807, 2.05) is 25.1 Å². The van der Waals surface area contributed by atoms with Gasteiger partial charge >= 0.3 is 0 Å². The first-order valence-corrected chi connectivity index (χ1v) is 7.99. The number of hydrogen-bond acceptors (Lipinski definition) is 2. The van der Waals surface area contributed by atoms with Crippen LogP contribution in [0.4, 0.5) is 0 Å². The van der Waals surface area contributed by atoms with Crippen molar-refractivity contribution in [2.24, 2.45) is 16.6 Å². The Bertz CT molecular complexity index is 535. The highest BCUT2D eigenvalue weighted by molar-refractivity contribution is 14.1. The molecule has 0 unspecified atom stereocenters. The molecule has 0 radical (unpaired) electrons. The highest BCUT2D eigenvalue weighted by Crippen LogP contribution is 2.52. The van der Waals surface area contributed by atoms with Crippen LogP contribution in [-0.2, 0) is 0 Å². The first-order chi connectivity index (χ1) is 9.10. The molecule has 0 aromatic heterocycles. The Hall–Kier alpha value is -0.620. The fraction of sp³-hybridized carbons (Fsp3) is 0.562. The lowest BCUT2D eigenvalue weighted by molar-refractivity contribution is -0.0663. The molecule has 1 aromatic carbocycles. The molecule has 110 valence electrons. The third-order valence-corrected chi connectivity index (χ3v) is 6.23. The molecule has 2 rings (SSSR count). The molecular weight excluding hydrogens is 363 g/mol. The number of halogens is 1. The molecule has 0 bridgehead atoms. The lowest BCUT2D eigenvalue weighted by atomic mass is 9.48. The molecule has 3 N–H and O–H groups in total. The summed E-state index contributed by atoms with van der Waals surface area (Å²) in [6, 6.07) is 6.01. The van der Waals surface area contributed by atoms with Gasteiger partial charge in [0.25, 0.3) is 5.91 Å². The fourth-order valence-corrected chi connectivity index (χ4v) is 4.19. The van der Waals surface area contributed by atoms with Gasteiger partial charge in [0.05, 0.1) is 5.56 Å². The molecule has 1 aliphatic rings. The van der Waals surface area contributed by atoms with Gasteiger partial charge in [-0.2, -0.15) is 0 Å². The van der Waals surface area contributed by atoms with Gasteiger partial charge in [-0.05, 0) is 41.1 Å². The lowest BCUT2D eigenvalue weighted by Gasteiger charge is -2.62. The minimum Gasteiger partial charge on any atom is -0.348 e. The second kappa shape index (κ2) is 4.98. The van der Waals surface area contributed by atoms with Crippen molar-refractivity contribution in [3.05, 3.63) is 32.9 Å². The molecular formula is C16H23IN2O. The average molecular weight is 386 g/mol. The predicted octanol–water partition coefficient (Wildman–Crippen LogP) is 3.09. The van der Waals surface area contributed by atoms with Crippen LogP contribution in [0.1, 0.15) is 43.6 Å². The molecule has 1 aliphatic carbocycles. The molecule has 0 spiro atoms. The van der Waals surface area contributed by atoms with E-state index in [1.165, 1.54) is 0 Å². The van der Waals surface area contributed by atoms with Crippen molar-refractivity contribution in [3.63, 3.8) is 0 Å². The molecule has 0 saturated heterocycles. The van der Waals surface area contributed by atoms with Gasteiger partial charge in [0.1, 0.15) is 0 Å². The van der Waals surface area contributed by atoms with Gasteiger partial charge in [0.2, 0.25) is 0 Å². The van der Waals surface area contributed by atoms with Crippen molar-refractivity contribution < 1.29 is 4.79 Å². The molecule has 1 fully saturated rings. The number of carbonyl (C=O) groups is 1. The van der Waals surface area contributed by atoms with Crippen LogP contribution in [0.25, 0.3) is 0 Å². The Morgan fingerprint density at radius 2 is 1.80 bits per heavy atom. The van der Waals surface area contributed by atoms with Crippen LogP contribution in [-0.4, -0.2) is 18.0 Å². The summed E-state index contributed by atoms with van der Waals surface area (Å²) in [4.78, 5) is 12.5. The van der Waals surface area contributed by atoms with E-state index in [-0.39, 0.29) is 28.8 Å². The maximum Gasteiger partial charge on any atom is 0.252 e. The van der Waals surface area contributed by atoms with E-state index in [4.69, 9.17) is 5.73 Å². The van der Waals surface area contributed by atoms with Gasteiger partial charge in [-0.25, -0.2) is 0 Å². The fourth-order valence-electron chi connectivity index (χ4n) is 3.58. The maximum atomic E-state index is 12.5. The van der Waals surface area contributed by atoms with Crippen LogP contribution < -0.4 is 11.1 Å². The van der Waals surface area contributed by atoms with Crippen molar-refractivity contribution >= 4 is 28.5 Å². The Kier molecular flexibility index (Phi) is 3.93. The second-order valence-electron chi connectivity index (χ2n) is 6.96. The number of rotatable bonds is 2. The lowest BCUT2D eigenvalue weighted by Crippen LogP contribution is -2.76. The van der Waals surface area contributed by atoms with E-state index in [1.54, 1.807) is 0 Å². The number of aryl methyl sites for hydroxylation is 1. The summed E-state index contributed by atoms with van der Waals surface area (Å²) in [6.45, 7) is 10.5. The average Bonchev–Trinajstić information content (AvgIpc) is 2.37. The van der Waals surface area contributed by atoms with Crippen molar-refractivity contribution in [1.82, 2.24) is 5.32 Å². The summed E-state index contributed by atoms with van der Waals surface area (Å²) in [7, 11) is 0. The summed E-state index contributed by atoms with van der Waals surface area (Å²) < 4.78 is 1.02. The van der Waals surface area contributed by atoms with E-state index in [0.717, 1.165) is 14.7 Å². The summed E-state index contributed by atoms with van der Waals surface area (Å²) in [5, 5.41) is 3.19. The third kappa shape index (κ3) is 2.26. The van der Waals surface area contributed by atoms with E-state index < -0.39 is 0 Å². The van der Waals surface area contributed by atoms with Crippen LogP contribution in [0.5, 0.6) is 0 Å². The summed E-state index contributed by atoms with van der Waals surface area (Å²) in [6.07, 6.45) is 0. The summed E-state index contributed by atoms with van der Waals surface area (Å²) >= 11 is 2.23. The molecule has 3 nitrogen and oxygen atoms in total. The zero-order chi connectivity index (χ0) is 15.3. The van der Waals surface area contributed by atoms with Gasteiger partial charge in [0, 0.05) is 26.5 Å². The van der Waals surface area contributed by atoms with Crippen LogP contribution in [0.3, 0.4) is 0 Å². The Morgan fingerprint density at radius 3 is 2.35 bits per heavy atom. The normalized spacial score (nSPS) is 26.8. The Balaban J connectivity index is 2.23. The van der Waals surface area contributed by atoms with Crippen molar-refractivity contribution in [3.8, 4) is 0 Å². The highest BCUT2D eigenvalue weighted by Gasteiger charge is 2.60. The van der Waals surface area contributed by atoms with Gasteiger partial charge in [-0.3, -0.25) is 4.79 Å². The van der Waals surface area contributed by atoms with E-state index in [0.29, 0.717) is 0 Å². The number of carbonyl (C=O) groups excluding carboxylic acids is 1. The van der Waals surface area contributed by atoms with Gasteiger partial charge < -0.3 is 11.1 Å². The van der Waals surface area contributed by atoms with Crippen molar-refractivity contribution in [2.45, 2.75) is 46.7 Å². The molecule has 20 heavy (non-hydrogen) atoms. The second-order valence-corrected chi connectivity index (χ2v) is 8.04. The number of hydrogen-bond donors (Lipinski definition) is 2. The third-order valence-electron chi connectivity index (χ3n) is 4.80. The summed E-state index contributed by atoms with van der Waals surface area (Å²) in [5.74, 6) is -0.00356. The first-order valence-electron chi connectivity index (χ1n) is 6.91. The Morgan fingerprint density at radius 1 is 1.25 bits per heavy atom. The van der Waals surface area contributed by atoms with Crippen molar-refractivity contribution in [2.75, 3.05) is 0 Å². The van der Waals surface area contributed by atoms with Crippen LogP contribution in [0.2, 0.25) is 0 Å². The smallest absolute Gasteiger partial charge is 0.252 e. The standard InChI is InChI=1S/C16H23IN2O/c1-9-7-6-8-10(11(9)17)12(20)19-14-15(2,3)13(18)16(14,4)5/h6-8,13-14H,18H2,1-5H3,(H,19,20). The van der Waals surface area contributed by atoms with E-state index in [9.17, 15) is 4.79 Å². The predicted molar refractivity (Wildman–Crippen MR) is 90.7 cm³/mol. The van der Waals surface area contributed by atoms with Gasteiger partial charge in [-0.1, -0.05) is 39.8 Å². The summed E-state index contributed by atoms with van der Waals surface area (Å²) in [5.41, 5.74) is 7.96. The zero-order valence-electron chi connectivity index (χ0n) is 12.8. The van der Waals surface area contributed by atoms with Gasteiger partial charge in [-0.15, -0.1) is 0 Å². The number of nitrogens with two attached hydrogens (primary N) is 1. The largest absolute Gasteiger partial charge is 0.348 e. The molecule has 1 amide bonds. The van der Waals surface area contributed by atoms with Crippen molar-refractivity contribution in [1.29, 1.82) is 0 Å². The van der Waals surface area contributed by atoms with Crippen LogP contribution in [0, 0.1) is 21.3 Å². The zero-order valence-corrected chi connectivity index (χ0v) is 14.9. The van der Waals surface area contributed by atoms with Crippen LogP contribution >= 0.6 is 22.6 Å². The molecule has 0 atom stereocenters. The molecule has 1 saturated carbocycles. The topological polar surface area (TPSA) is 55.1 Å². The number of nitrogens with one attached hydrogen (secondary N) is 1. The molecule has 0 heterocycles. The minimum atomic E-state index is -0.0750. The number of amides is 1. The number of benzene rings is 1. The molecule has 0 aliphatic heterocycles. The molecule has 1 aromatic rings. The van der Waals surface area contributed by atoms with Crippen LogP contribution in [0.15, 0.2) is 18.2 Å². The Labute approximate surface area is 134 Å². The van der Waals surface area contributed by atoms with E-state index in [2.05, 4.69) is 55.6 Å².